The van der Waals surface area contributed by atoms with Crippen molar-refractivity contribution in [2.24, 2.45) is 11.8 Å². The molecule has 2 bridgehead atoms. The molecule has 0 aliphatic carbocycles. The largest absolute Gasteiger partial charge is 0.396 e. The van der Waals surface area contributed by atoms with Gasteiger partial charge in [0.05, 0.1) is 17.4 Å². The highest BCUT2D eigenvalue weighted by molar-refractivity contribution is 5.99. The second kappa shape index (κ2) is 7.99. The van der Waals surface area contributed by atoms with Crippen LogP contribution in [-0.2, 0) is 19.1 Å². The van der Waals surface area contributed by atoms with Crippen molar-refractivity contribution in [2.75, 3.05) is 26.7 Å². The van der Waals surface area contributed by atoms with E-state index < -0.39 is 29.1 Å². The van der Waals surface area contributed by atoms with E-state index in [9.17, 15) is 19.5 Å². The highest BCUT2D eigenvalue weighted by atomic mass is 16.5. The van der Waals surface area contributed by atoms with Gasteiger partial charge in [-0.15, -0.1) is 0 Å². The van der Waals surface area contributed by atoms with Gasteiger partial charge in [-0.05, 0) is 32.1 Å². The Morgan fingerprint density at radius 1 is 1.25 bits per heavy atom. The van der Waals surface area contributed by atoms with Crippen LogP contribution in [0.15, 0.2) is 0 Å². The van der Waals surface area contributed by atoms with Gasteiger partial charge in [0.1, 0.15) is 11.6 Å². The molecule has 3 N–H and O–H groups in total. The Labute approximate surface area is 166 Å². The average molecular weight is 396 g/mol. The molecule has 0 aromatic rings. The minimum absolute atomic E-state index is 0.0652. The number of carbonyl (C=O) groups excluding carboxylic acids is 3. The molecule has 28 heavy (non-hydrogen) atoms. The van der Waals surface area contributed by atoms with E-state index in [0.717, 1.165) is 12.8 Å². The first-order valence-corrected chi connectivity index (χ1v) is 10.5. The van der Waals surface area contributed by atoms with Crippen LogP contribution in [0.4, 0.5) is 0 Å². The van der Waals surface area contributed by atoms with Gasteiger partial charge < -0.3 is 25.4 Å². The number of hydrogen-bond acceptors (Lipinski definition) is 5. The number of amides is 3. The van der Waals surface area contributed by atoms with Crippen molar-refractivity contribution in [2.45, 2.75) is 69.6 Å². The first-order valence-electron chi connectivity index (χ1n) is 10.5. The van der Waals surface area contributed by atoms with Crippen molar-refractivity contribution in [3.05, 3.63) is 0 Å². The van der Waals surface area contributed by atoms with Crippen LogP contribution in [0.3, 0.4) is 0 Å². The molecule has 3 heterocycles. The Hall–Kier alpha value is -1.67. The van der Waals surface area contributed by atoms with E-state index in [1.807, 2.05) is 13.8 Å². The van der Waals surface area contributed by atoms with Crippen LogP contribution < -0.4 is 10.6 Å². The zero-order chi connectivity index (χ0) is 20.5. The summed E-state index contributed by atoms with van der Waals surface area (Å²) >= 11 is 0. The van der Waals surface area contributed by atoms with Crippen molar-refractivity contribution in [3.63, 3.8) is 0 Å². The number of unbranched alkanes of at least 4 members (excludes halogenated alkanes) is 1. The van der Waals surface area contributed by atoms with Crippen LogP contribution in [0.5, 0.6) is 0 Å². The zero-order valence-electron chi connectivity index (χ0n) is 17.1. The quantitative estimate of drug-likeness (QED) is 0.483. The first kappa shape index (κ1) is 21.0. The van der Waals surface area contributed by atoms with E-state index in [1.165, 1.54) is 0 Å². The lowest BCUT2D eigenvalue weighted by Crippen LogP contribution is -2.55. The molecular formula is C20H33N3O5. The summed E-state index contributed by atoms with van der Waals surface area (Å²) in [6, 6.07) is -0.753. The van der Waals surface area contributed by atoms with E-state index in [4.69, 9.17) is 4.74 Å². The van der Waals surface area contributed by atoms with Crippen LogP contribution in [0.1, 0.15) is 52.4 Å². The maximum Gasteiger partial charge on any atom is 0.245 e. The maximum absolute atomic E-state index is 13.4. The molecule has 0 radical (unpaired) electrons. The number of nitrogens with zero attached hydrogens (tertiary/aromatic N) is 1. The van der Waals surface area contributed by atoms with E-state index in [1.54, 1.807) is 11.9 Å². The summed E-state index contributed by atoms with van der Waals surface area (Å²) in [6.45, 7) is 4.79. The van der Waals surface area contributed by atoms with Gasteiger partial charge in [-0.25, -0.2) is 0 Å². The summed E-state index contributed by atoms with van der Waals surface area (Å²) in [7, 11) is 1.57. The topological polar surface area (TPSA) is 108 Å². The number of hydrogen-bond donors (Lipinski definition) is 3. The summed E-state index contributed by atoms with van der Waals surface area (Å²) in [5.74, 6) is -1.86. The fourth-order valence-electron chi connectivity index (χ4n) is 5.54. The van der Waals surface area contributed by atoms with Crippen LogP contribution in [0, 0.1) is 11.8 Å². The molecule has 3 rings (SSSR count). The number of rotatable bonds is 9. The minimum atomic E-state index is -0.962. The Bertz CT molecular complexity index is 641. The lowest BCUT2D eigenvalue weighted by atomic mass is 9.65. The van der Waals surface area contributed by atoms with E-state index in [0.29, 0.717) is 32.2 Å². The lowest BCUT2D eigenvalue weighted by molar-refractivity contribution is -0.147. The standard InChI is InChI=1S/C20H33N3O5/c1-4-6-10-22-17(26)15-20-9-8-19(5-2,28-20)13(16(25)21-3)14(20)18(27)23(15)11-7-12-24/h13-15,24H,4-12H2,1-3H3,(H,21,25)(H,22,26)/t13-,14-,15?,19+,20?/m0/s1. The average Bonchev–Trinajstić information content (AvgIpc) is 3.29. The third-order valence-corrected chi connectivity index (χ3v) is 6.84. The fourth-order valence-corrected chi connectivity index (χ4v) is 5.54. The number of likely N-dealkylation sites (tertiary alicyclic amines) is 1. The molecule has 5 atom stereocenters. The van der Waals surface area contributed by atoms with Crippen molar-refractivity contribution in [3.8, 4) is 0 Å². The molecule has 0 aromatic carbocycles. The van der Waals surface area contributed by atoms with Crippen LogP contribution in [-0.4, -0.2) is 71.7 Å². The molecular weight excluding hydrogens is 362 g/mol. The minimum Gasteiger partial charge on any atom is -0.396 e. The first-order chi connectivity index (χ1) is 13.4. The Balaban J connectivity index is 1.99. The highest BCUT2D eigenvalue weighted by Gasteiger charge is 2.78. The second-order valence-electron chi connectivity index (χ2n) is 8.20. The van der Waals surface area contributed by atoms with E-state index in [2.05, 4.69) is 10.6 Å². The van der Waals surface area contributed by atoms with Gasteiger partial charge in [-0.2, -0.15) is 0 Å². The van der Waals surface area contributed by atoms with E-state index in [-0.39, 0.29) is 30.9 Å². The molecule has 3 aliphatic heterocycles. The highest BCUT2D eigenvalue weighted by Crippen LogP contribution is 2.64. The number of fused-ring (bicyclic) bond motifs is 1. The summed E-state index contributed by atoms with van der Waals surface area (Å²) < 4.78 is 6.53. The molecule has 3 saturated heterocycles. The molecule has 2 unspecified atom stereocenters. The van der Waals surface area contributed by atoms with Gasteiger partial charge in [0.25, 0.3) is 0 Å². The zero-order valence-corrected chi connectivity index (χ0v) is 17.1. The molecule has 0 saturated carbocycles. The van der Waals surface area contributed by atoms with Gasteiger partial charge >= 0.3 is 0 Å². The number of ether oxygens (including phenoxy) is 1. The molecule has 8 heteroatoms. The number of aliphatic hydroxyl groups excluding tert-OH is 1. The van der Waals surface area contributed by atoms with Gasteiger partial charge in [-0.1, -0.05) is 20.3 Å². The molecule has 8 nitrogen and oxygen atoms in total. The summed E-state index contributed by atoms with van der Waals surface area (Å²) in [5.41, 5.74) is -1.65. The SMILES string of the molecule is CCCCNC(=O)C1N(CCCO)C(=O)[C@@H]2[C@@H](C(=O)NC)[C@@]3(CC)CCC12O3. The number of aliphatic hydroxyl groups is 1. The van der Waals surface area contributed by atoms with Crippen molar-refractivity contribution >= 4 is 17.7 Å². The summed E-state index contributed by atoms with van der Waals surface area (Å²) in [5, 5.41) is 14.9. The molecule has 3 amide bonds. The number of carbonyl (C=O) groups is 3. The smallest absolute Gasteiger partial charge is 0.245 e. The summed E-state index contributed by atoms with van der Waals surface area (Å²) in [6.07, 6.45) is 4.08. The molecule has 158 valence electrons. The normalized spacial score (nSPS) is 35.9. The van der Waals surface area contributed by atoms with Gasteiger partial charge in [0.15, 0.2) is 0 Å². The Morgan fingerprint density at radius 3 is 2.61 bits per heavy atom. The van der Waals surface area contributed by atoms with Crippen LogP contribution >= 0.6 is 0 Å². The third kappa shape index (κ3) is 2.92. The predicted molar refractivity (Wildman–Crippen MR) is 102 cm³/mol. The molecule has 0 aromatic heterocycles. The predicted octanol–water partition coefficient (Wildman–Crippen LogP) is 0.186. The van der Waals surface area contributed by atoms with Crippen molar-refractivity contribution < 1.29 is 24.2 Å². The number of nitrogens with one attached hydrogen (secondary N) is 2. The monoisotopic (exact) mass is 395 g/mol. The van der Waals surface area contributed by atoms with Crippen LogP contribution in [0.25, 0.3) is 0 Å². The Morgan fingerprint density at radius 2 is 2.00 bits per heavy atom. The van der Waals surface area contributed by atoms with Crippen LogP contribution in [0.2, 0.25) is 0 Å². The molecule has 1 spiro atoms. The van der Waals surface area contributed by atoms with Crippen molar-refractivity contribution in [1.82, 2.24) is 15.5 Å². The fraction of sp³-hybridized carbons (Fsp3) is 0.850. The maximum atomic E-state index is 13.4. The second-order valence-corrected chi connectivity index (χ2v) is 8.20. The third-order valence-electron chi connectivity index (χ3n) is 6.84. The van der Waals surface area contributed by atoms with E-state index >= 15 is 0 Å². The molecule has 3 fully saturated rings. The van der Waals surface area contributed by atoms with Gasteiger partial charge in [-0.3, -0.25) is 14.4 Å². The van der Waals surface area contributed by atoms with Gasteiger partial charge in [0.2, 0.25) is 17.7 Å². The Kier molecular flexibility index (Phi) is 6.00. The molecule has 3 aliphatic rings. The lowest BCUT2D eigenvalue weighted by Gasteiger charge is -2.33. The summed E-state index contributed by atoms with van der Waals surface area (Å²) in [4.78, 5) is 40.9. The van der Waals surface area contributed by atoms with Crippen molar-refractivity contribution in [1.29, 1.82) is 0 Å². The van der Waals surface area contributed by atoms with Gasteiger partial charge in [0, 0.05) is 26.7 Å².